The lowest BCUT2D eigenvalue weighted by Crippen LogP contribution is -2.46. The Kier molecular flexibility index (Phi) is 6.66. The van der Waals surface area contributed by atoms with Crippen molar-refractivity contribution < 1.29 is 9.53 Å². The van der Waals surface area contributed by atoms with E-state index in [0.717, 1.165) is 51.3 Å². The van der Waals surface area contributed by atoms with Crippen molar-refractivity contribution in [1.29, 1.82) is 0 Å². The monoisotopic (exact) mass is 489 g/mol. The molecular weight excluding hydrogens is 454 g/mol. The number of thiophene rings is 1. The van der Waals surface area contributed by atoms with Gasteiger partial charge >= 0.3 is 0 Å². The first-order valence-corrected chi connectivity index (χ1v) is 14.1. The molecule has 2 unspecified atom stereocenters. The number of carbonyl (C=O) groups excluding carboxylic acids is 1. The first-order chi connectivity index (χ1) is 17.2. The van der Waals surface area contributed by atoms with Crippen molar-refractivity contribution in [2.45, 2.75) is 50.7 Å². The van der Waals surface area contributed by atoms with Crippen LogP contribution in [0.4, 0.5) is 5.69 Å². The van der Waals surface area contributed by atoms with Crippen LogP contribution in [0.2, 0.25) is 0 Å². The van der Waals surface area contributed by atoms with E-state index < -0.39 is 0 Å². The first-order valence-electron chi connectivity index (χ1n) is 13.2. The van der Waals surface area contributed by atoms with Crippen molar-refractivity contribution in [3.8, 4) is 5.75 Å². The highest BCUT2D eigenvalue weighted by molar-refractivity contribution is 7.17. The van der Waals surface area contributed by atoms with Crippen LogP contribution < -0.4 is 15.0 Å². The zero-order valence-corrected chi connectivity index (χ0v) is 21.1. The largest absolute Gasteiger partial charge is 0.490 e. The van der Waals surface area contributed by atoms with E-state index >= 15 is 0 Å². The molecule has 1 aromatic heterocycles. The molecule has 1 saturated carbocycles. The maximum atomic E-state index is 13.4. The third-order valence-corrected chi connectivity index (χ3v) is 8.50. The molecule has 3 aliphatic rings. The fourth-order valence-corrected chi connectivity index (χ4v) is 6.30. The first kappa shape index (κ1) is 22.9. The molecule has 5 nitrogen and oxygen atoms in total. The van der Waals surface area contributed by atoms with Crippen LogP contribution in [-0.4, -0.2) is 55.7 Å². The Hall–Kier alpha value is -2.57. The van der Waals surface area contributed by atoms with Crippen LogP contribution in [0.5, 0.6) is 5.75 Å². The standard InChI is InChI=1S/C29H35N3O2S/c33-29(23-11-15-32(19-23)25-6-5-22-12-16-35-28(22)18-25)30-24(20-31-13-1-2-14-31)17-21-3-7-26(8-4-21)34-27-9-10-27/h3-8,12,16,18,23-24,27H,1-2,9-11,13-15,17,19-20H2,(H,30,33). The van der Waals surface area contributed by atoms with E-state index in [1.165, 1.54) is 47.0 Å². The quantitative estimate of drug-likeness (QED) is 0.455. The number of benzene rings is 2. The third kappa shape index (κ3) is 5.65. The highest BCUT2D eigenvalue weighted by Gasteiger charge is 2.30. The third-order valence-electron chi connectivity index (χ3n) is 7.62. The van der Waals surface area contributed by atoms with Crippen LogP contribution in [-0.2, 0) is 11.2 Å². The van der Waals surface area contributed by atoms with E-state index in [0.29, 0.717) is 6.10 Å². The molecule has 1 aliphatic carbocycles. The molecule has 3 fully saturated rings. The van der Waals surface area contributed by atoms with Crippen LogP contribution in [0, 0.1) is 5.92 Å². The Labute approximate surface area is 212 Å². The van der Waals surface area contributed by atoms with Crippen molar-refractivity contribution >= 4 is 33.0 Å². The molecular formula is C29H35N3O2S. The summed E-state index contributed by atoms with van der Waals surface area (Å²) in [6.45, 7) is 4.95. The van der Waals surface area contributed by atoms with Crippen molar-refractivity contribution in [1.82, 2.24) is 10.2 Å². The van der Waals surface area contributed by atoms with Gasteiger partial charge in [0, 0.05) is 36.1 Å². The number of anilines is 1. The van der Waals surface area contributed by atoms with Gasteiger partial charge in [-0.3, -0.25) is 4.79 Å². The molecule has 2 saturated heterocycles. The normalized spacial score (nSPS) is 21.5. The van der Waals surface area contributed by atoms with E-state index in [1.54, 1.807) is 11.3 Å². The zero-order valence-electron chi connectivity index (χ0n) is 20.3. The van der Waals surface area contributed by atoms with Crippen LogP contribution >= 0.6 is 11.3 Å². The average molecular weight is 490 g/mol. The average Bonchev–Trinajstić information content (AvgIpc) is 3.29. The number of hydrogen-bond acceptors (Lipinski definition) is 5. The molecule has 0 spiro atoms. The van der Waals surface area contributed by atoms with Crippen molar-refractivity contribution in [3.63, 3.8) is 0 Å². The van der Waals surface area contributed by atoms with Crippen molar-refractivity contribution in [2.75, 3.05) is 37.6 Å². The van der Waals surface area contributed by atoms with Gasteiger partial charge in [-0.05, 0) is 98.3 Å². The number of ether oxygens (including phenoxy) is 1. The second-order valence-electron chi connectivity index (χ2n) is 10.5. The molecule has 3 aromatic rings. The van der Waals surface area contributed by atoms with Crippen LogP contribution in [0.1, 0.15) is 37.7 Å². The second-order valence-corrected chi connectivity index (χ2v) is 11.4. The maximum Gasteiger partial charge on any atom is 0.225 e. The number of fused-ring (bicyclic) bond motifs is 1. The Balaban J connectivity index is 1.09. The number of rotatable bonds is 9. The van der Waals surface area contributed by atoms with Gasteiger partial charge in [-0.1, -0.05) is 18.2 Å². The highest BCUT2D eigenvalue weighted by atomic mass is 32.1. The topological polar surface area (TPSA) is 44.8 Å². The lowest BCUT2D eigenvalue weighted by Gasteiger charge is -2.26. The Morgan fingerprint density at radius 1 is 1.03 bits per heavy atom. The number of hydrogen-bond donors (Lipinski definition) is 1. The number of nitrogens with zero attached hydrogens (tertiary/aromatic N) is 2. The fraction of sp³-hybridized carbons (Fsp3) is 0.483. The number of amides is 1. The van der Waals surface area contributed by atoms with E-state index in [4.69, 9.17) is 4.74 Å². The lowest BCUT2D eigenvalue weighted by molar-refractivity contribution is -0.125. The predicted octanol–water partition coefficient (Wildman–Crippen LogP) is 5.09. The van der Waals surface area contributed by atoms with Gasteiger partial charge in [0.05, 0.1) is 12.0 Å². The Morgan fingerprint density at radius 2 is 1.86 bits per heavy atom. The van der Waals surface area contributed by atoms with Gasteiger partial charge < -0.3 is 19.9 Å². The number of nitrogens with one attached hydrogen (secondary N) is 1. The number of likely N-dealkylation sites (tertiary alicyclic amines) is 1. The van der Waals surface area contributed by atoms with E-state index in [1.807, 2.05) is 0 Å². The summed E-state index contributed by atoms with van der Waals surface area (Å²) in [6.07, 6.45) is 7.07. The molecule has 35 heavy (non-hydrogen) atoms. The molecule has 6 heteroatoms. The van der Waals surface area contributed by atoms with E-state index in [9.17, 15) is 4.79 Å². The smallest absolute Gasteiger partial charge is 0.225 e. The number of carbonyl (C=O) groups is 1. The lowest BCUT2D eigenvalue weighted by atomic mass is 10.0. The molecule has 1 amide bonds. The summed E-state index contributed by atoms with van der Waals surface area (Å²) in [5.74, 6) is 1.22. The van der Waals surface area contributed by atoms with Crippen molar-refractivity contribution in [3.05, 3.63) is 59.5 Å². The minimum atomic E-state index is 0.0458. The molecule has 2 atom stereocenters. The second kappa shape index (κ2) is 10.2. The van der Waals surface area contributed by atoms with Gasteiger partial charge in [0.1, 0.15) is 5.75 Å². The van der Waals surface area contributed by atoms with Gasteiger partial charge in [0.15, 0.2) is 0 Å². The van der Waals surface area contributed by atoms with Gasteiger partial charge in [0.25, 0.3) is 0 Å². The molecule has 0 radical (unpaired) electrons. The van der Waals surface area contributed by atoms with Gasteiger partial charge in [-0.15, -0.1) is 11.3 Å². The molecule has 184 valence electrons. The minimum Gasteiger partial charge on any atom is -0.490 e. The molecule has 0 bridgehead atoms. The molecule has 2 aliphatic heterocycles. The van der Waals surface area contributed by atoms with Gasteiger partial charge in [0.2, 0.25) is 5.91 Å². The van der Waals surface area contributed by atoms with E-state index in [-0.39, 0.29) is 17.9 Å². The summed E-state index contributed by atoms with van der Waals surface area (Å²) in [4.78, 5) is 18.3. The van der Waals surface area contributed by atoms with Crippen LogP contribution in [0.3, 0.4) is 0 Å². The molecule has 3 heterocycles. The SMILES string of the molecule is O=C(NC(Cc1ccc(OC2CC2)cc1)CN1CCCC1)C1CCN(c2ccc3ccsc3c2)C1. The molecule has 1 N–H and O–H groups in total. The summed E-state index contributed by atoms with van der Waals surface area (Å²) in [5, 5.41) is 6.89. The van der Waals surface area contributed by atoms with Crippen LogP contribution in [0.15, 0.2) is 53.9 Å². The molecule has 2 aromatic carbocycles. The van der Waals surface area contributed by atoms with E-state index in [2.05, 4.69) is 69.0 Å². The Morgan fingerprint density at radius 3 is 2.66 bits per heavy atom. The van der Waals surface area contributed by atoms with Crippen molar-refractivity contribution in [2.24, 2.45) is 5.92 Å². The summed E-state index contributed by atoms with van der Waals surface area (Å²) in [7, 11) is 0. The predicted molar refractivity (Wildman–Crippen MR) is 144 cm³/mol. The van der Waals surface area contributed by atoms with Crippen LogP contribution in [0.25, 0.3) is 10.1 Å². The highest BCUT2D eigenvalue weighted by Crippen LogP contribution is 2.30. The Bertz CT molecular complexity index is 1150. The van der Waals surface area contributed by atoms with Gasteiger partial charge in [-0.25, -0.2) is 0 Å². The summed E-state index contributed by atoms with van der Waals surface area (Å²) in [6, 6.07) is 17.5. The minimum absolute atomic E-state index is 0.0458. The summed E-state index contributed by atoms with van der Waals surface area (Å²) in [5.41, 5.74) is 2.49. The molecule has 6 rings (SSSR count). The fourth-order valence-electron chi connectivity index (χ4n) is 5.47. The zero-order chi connectivity index (χ0) is 23.6. The summed E-state index contributed by atoms with van der Waals surface area (Å²) >= 11 is 1.78. The van der Waals surface area contributed by atoms with Gasteiger partial charge in [-0.2, -0.15) is 0 Å². The summed E-state index contributed by atoms with van der Waals surface area (Å²) < 4.78 is 7.22. The maximum absolute atomic E-state index is 13.4.